The highest BCUT2D eigenvalue weighted by Gasteiger charge is 2.18. The lowest BCUT2D eigenvalue weighted by Gasteiger charge is -2.13. The van der Waals surface area contributed by atoms with E-state index in [1.165, 1.54) is 22.7 Å². The van der Waals surface area contributed by atoms with E-state index in [0.29, 0.717) is 29.0 Å². The summed E-state index contributed by atoms with van der Waals surface area (Å²) in [6, 6.07) is 6.52. The van der Waals surface area contributed by atoms with Gasteiger partial charge >= 0.3 is 0 Å². The maximum absolute atomic E-state index is 14.1. The second-order valence-electron chi connectivity index (χ2n) is 5.87. The van der Waals surface area contributed by atoms with Gasteiger partial charge in [0.05, 0.1) is 11.3 Å². The Morgan fingerprint density at radius 2 is 2.00 bits per heavy atom. The number of hydrogen-bond acceptors (Lipinski definition) is 4. The summed E-state index contributed by atoms with van der Waals surface area (Å²) in [7, 11) is 3.43. The minimum atomic E-state index is -0.328. The Morgan fingerprint density at radius 1 is 1.30 bits per heavy atom. The Bertz CT molecular complexity index is 684. The summed E-state index contributed by atoms with van der Waals surface area (Å²) in [5, 5.41) is 8.94. The van der Waals surface area contributed by atoms with Gasteiger partial charge in [-0.15, -0.1) is 10.2 Å². The van der Waals surface area contributed by atoms with Crippen molar-refractivity contribution in [3.05, 3.63) is 30.1 Å². The number of nitrogens with zero attached hydrogens (tertiary/aromatic N) is 4. The molecule has 0 radical (unpaired) electrons. The minimum absolute atomic E-state index is 0.00142. The van der Waals surface area contributed by atoms with Gasteiger partial charge in [0.25, 0.3) is 0 Å². The molecule has 0 atom stereocenters. The summed E-state index contributed by atoms with van der Waals surface area (Å²) in [6.45, 7) is 4.81. The van der Waals surface area contributed by atoms with Gasteiger partial charge in [-0.1, -0.05) is 37.7 Å². The van der Waals surface area contributed by atoms with Gasteiger partial charge in [-0.3, -0.25) is 4.79 Å². The molecule has 0 N–H and O–H groups in total. The lowest BCUT2D eigenvalue weighted by Crippen LogP contribution is -2.23. The van der Waals surface area contributed by atoms with Gasteiger partial charge in [0.2, 0.25) is 5.91 Å². The van der Waals surface area contributed by atoms with Gasteiger partial charge in [-0.2, -0.15) is 0 Å². The molecule has 2 aromatic rings. The maximum atomic E-state index is 14.1. The van der Waals surface area contributed by atoms with Crippen LogP contribution >= 0.6 is 11.8 Å². The topological polar surface area (TPSA) is 51.0 Å². The molecule has 7 heteroatoms. The van der Waals surface area contributed by atoms with Crippen molar-refractivity contribution in [1.29, 1.82) is 0 Å². The molecule has 5 nitrogen and oxygen atoms in total. The van der Waals surface area contributed by atoms with Crippen molar-refractivity contribution in [2.45, 2.75) is 25.5 Å². The lowest BCUT2D eigenvalue weighted by atomic mass is 10.2. The van der Waals surface area contributed by atoms with E-state index in [9.17, 15) is 9.18 Å². The first-order valence-electron chi connectivity index (χ1n) is 7.41. The van der Waals surface area contributed by atoms with Crippen molar-refractivity contribution in [2.24, 2.45) is 5.92 Å². The number of rotatable bonds is 6. The van der Waals surface area contributed by atoms with Gasteiger partial charge in [0, 0.05) is 20.6 Å². The molecular weight excluding hydrogens is 315 g/mol. The van der Waals surface area contributed by atoms with Gasteiger partial charge < -0.3 is 9.47 Å². The summed E-state index contributed by atoms with van der Waals surface area (Å²) < 4.78 is 16.0. The quantitative estimate of drug-likeness (QED) is 0.761. The molecule has 0 bridgehead atoms. The number of thioether (sulfide) groups is 1. The van der Waals surface area contributed by atoms with Crippen molar-refractivity contribution < 1.29 is 9.18 Å². The van der Waals surface area contributed by atoms with Crippen LogP contribution in [0.5, 0.6) is 0 Å². The molecule has 2 rings (SSSR count). The molecular formula is C16H21FN4OS. The van der Waals surface area contributed by atoms with Crippen LogP contribution in [0.3, 0.4) is 0 Å². The number of benzene rings is 1. The van der Waals surface area contributed by atoms with E-state index in [-0.39, 0.29) is 17.5 Å². The average Bonchev–Trinajstić information content (AvgIpc) is 2.87. The van der Waals surface area contributed by atoms with E-state index in [0.717, 1.165) is 0 Å². The van der Waals surface area contributed by atoms with E-state index in [2.05, 4.69) is 24.0 Å². The minimum Gasteiger partial charge on any atom is -0.348 e. The number of halogens is 1. The number of carbonyl (C=O) groups excluding carboxylic acids is 1. The fourth-order valence-corrected chi connectivity index (χ4v) is 2.95. The van der Waals surface area contributed by atoms with Crippen LogP contribution in [0, 0.1) is 11.7 Å². The van der Waals surface area contributed by atoms with E-state index in [1.807, 2.05) is 4.57 Å². The van der Waals surface area contributed by atoms with Gasteiger partial charge in [-0.05, 0) is 18.1 Å². The van der Waals surface area contributed by atoms with Crippen LogP contribution in [0.1, 0.15) is 13.8 Å². The molecule has 1 amide bonds. The molecule has 0 saturated carbocycles. The van der Waals surface area contributed by atoms with Crippen molar-refractivity contribution in [2.75, 3.05) is 19.8 Å². The fourth-order valence-electron chi connectivity index (χ4n) is 2.02. The first-order valence-corrected chi connectivity index (χ1v) is 8.39. The highest BCUT2D eigenvalue weighted by atomic mass is 32.2. The van der Waals surface area contributed by atoms with Crippen molar-refractivity contribution in [3.63, 3.8) is 0 Å². The molecule has 0 aliphatic heterocycles. The third-order valence-electron chi connectivity index (χ3n) is 3.20. The van der Waals surface area contributed by atoms with Gasteiger partial charge in [0.15, 0.2) is 11.0 Å². The van der Waals surface area contributed by atoms with Crippen molar-refractivity contribution in [1.82, 2.24) is 19.7 Å². The molecule has 124 valence electrons. The Hall–Kier alpha value is -1.89. The normalized spacial score (nSPS) is 11.0. The summed E-state index contributed by atoms with van der Waals surface area (Å²) in [5.74, 6) is 0.796. The second kappa shape index (κ2) is 7.59. The second-order valence-corrected chi connectivity index (χ2v) is 6.81. The summed E-state index contributed by atoms with van der Waals surface area (Å²) in [4.78, 5) is 13.3. The third kappa shape index (κ3) is 4.31. The van der Waals surface area contributed by atoms with Crippen LogP contribution in [0.4, 0.5) is 4.39 Å². The van der Waals surface area contributed by atoms with Gasteiger partial charge in [-0.25, -0.2) is 4.39 Å². The monoisotopic (exact) mass is 336 g/mol. The Balaban J connectivity index is 2.33. The zero-order valence-electron chi connectivity index (χ0n) is 13.8. The van der Waals surface area contributed by atoms with Crippen LogP contribution in [0.25, 0.3) is 11.4 Å². The number of hydrogen-bond donors (Lipinski definition) is 0. The third-order valence-corrected chi connectivity index (χ3v) is 4.15. The summed E-state index contributed by atoms with van der Waals surface area (Å²) in [6.07, 6.45) is 0. The zero-order valence-corrected chi connectivity index (χ0v) is 14.6. The smallest absolute Gasteiger partial charge is 0.232 e. The van der Waals surface area contributed by atoms with E-state index >= 15 is 0 Å². The van der Waals surface area contributed by atoms with Crippen LogP contribution in [-0.4, -0.2) is 45.4 Å². The molecule has 23 heavy (non-hydrogen) atoms. The number of amides is 1. The molecule has 1 heterocycles. The van der Waals surface area contributed by atoms with Crippen LogP contribution in [0.15, 0.2) is 29.4 Å². The molecule has 0 saturated heterocycles. The van der Waals surface area contributed by atoms with Crippen LogP contribution in [-0.2, 0) is 11.3 Å². The van der Waals surface area contributed by atoms with Gasteiger partial charge in [0.1, 0.15) is 5.82 Å². The number of aromatic nitrogens is 3. The van der Waals surface area contributed by atoms with E-state index in [1.54, 1.807) is 32.3 Å². The number of carbonyl (C=O) groups is 1. The first kappa shape index (κ1) is 17.5. The molecule has 0 fully saturated rings. The molecule has 0 aliphatic rings. The molecule has 0 spiro atoms. The maximum Gasteiger partial charge on any atom is 0.232 e. The molecule has 0 unspecified atom stereocenters. The summed E-state index contributed by atoms with van der Waals surface area (Å²) in [5.41, 5.74) is 0.423. The molecule has 1 aromatic carbocycles. The fraction of sp³-hybridized carbons (Fsp3) is 0.438. The predicted octanol–water partition coefficient (Wildman–Crippen LogP) is 2.92. The first-order chi connectivity index (χ1) is 10.9. The van der Waals surface area contributed by atoms with E-state index < -0.39 is 0 Å². The van der Waals surface area contributed by atoms with Crippen molar-refractivity contribution >= 4 is 17.7 Å². The molecule has 0 aliphatic carbocycles. The SMILES string of the molecule is CC(C)Cn1c(SCC(=O)N(C)C)nnc1-c1ccccc1F. The largest absolute Gasteiger partial charge is 0.348 e. The Morgan fingerprint density at radius 3 is 2.61 bits per heavy atom. The standard InChI is InChI=1S/C16H21FN4OS/c1-11(2)9-21-15(12-7-5-6-8-13(12)17)18-19-16(21)23-10-14(22)20(3)4/h5-8,11H,9-10H2,1-4H3. The van der Waals surface area contributed by atoms with Crippen LogP contribution in [0.2, 0.25) is 0 Å². The van der Waals surface area contributed by atoms with E-state index in [4.69, 9.17) is 0 Å². The molecule has 1 aromatic heterocycles. The Labute approximate surface area is 139 Å². The average molecular weight is 336 g/mol. The highest BCUT2D eigenvalue weighted by Crippen LogP contribution is 2.26. The lowest BCUT2D eigenvalue weighted by molar-refractivity contribution is -0.125. The van der Waals surface area contributed by atoms with Crippen molar-refractivity contribution in [3.8, 4) is 11.4 Å². The zero-order chi connectivity index (χ0) is 17.0. The van der Waals surface area contributed by atoms with Crippen LogP contribution < -0.4 is 0 Å². The highest BCUT2D eigenvalue weighted by molar-refractivity contribution is 7.99. The summed E-state index contributed by atoms with van der Waals surface area (Å²) >= 11 is 1.32. The Kier molecular flexibility index (Phi) is 5.76. The predicted molar refractivity (Wildman–Crippen MR) is 89.7 cm³/mol.